The van der Waals surface area contributed by atoms with Crippen LogP contribution in [0.15, 0.2) is 30.3 Å². The van der Waals surface area contributed by atoms with Gasteiger partial charge in [-0.1, -0.05) is 30.3 Å². The minimum absolute atomic E-state index is 0.135. The van der Waals surface area contributed by atoms with Crippen molar-refractivity contribution in [2.45, 2.75) is 20.3 Å². The van der Waals surface area contributed by atoms with Gasteiger partial charge in [-0.3, -0.25) is 9.59 Å². The van der Waals surface area contributed by atoms with E-state index in [2.05, 4.69) is 5.92 Å². The normalized spacial score (nSPS) is 13.6. The molecule has 1 atom stereocenters. The highest BCUT2D eigenvalue weighted by atomic mass is 16.2. The maximum Gasteiger partial charge on any atom is 0.177 e. The zero-order valence-corrected chi connectivity index (χ0v) is 9.49. The minimum Gasteiger partial charge on any atom is -0.299 e. The molecule has 0 radical (unpaired) electrons. The second-order valence-corrected chi connectivity index (χ2v) is 3.96. The molecule has 2 nitrogen and oxygen atoms in total. The molecule has 0 aliphatic carbocycles. The lowest BCUT2D eigenvalue weighted by molar-refractivity contribution is -0.123. The zero-order chi connectivity index (χ0) is 12.2. The van der Waals surface area contributed by atoms with Crippen LogP contribution in [0.25, 0.3) is 0 Å². The summed E-state index contributed by atoms with van der Waals surface area (Å²) in [7, 11) is 0. The third-order valence-electron chi connectivity index (χ3n) is 2.77. The van der Waals surface area contributed by atoms with Gasteiger partial charge in [-0.05, 0) is 13.8 Å². The molecule has 1 aromatic carbocycles. The van der Waals surface area contributed by atoms with E-state index in [-0.39, 0.29) is 18.0 Å². The van der Waals surface area contributed by atoms with Crippen LogP contribution in [0.2, 0.25) is 0 Å². The summed E-state index contributed by atoms with van der Waals surface area (Å²) in [5.74, 6) is 1.99. The Kier molecular flexibility index (Phi) is 3.63. The minimum atomic E-state index is -1.10. The van der Waals surface area contributed by atoms with Crippen molar-refractivity contribution in [1.29, 1.82) is 0 Å². The summed E-state index contributed by atoms with van der Waals surface area (Å²) in [6.07, 6.45) is 5.35. The Morgan fingerprint density at radius 3 is 2.31 bits per heavy atom. The molecule has 16 heavy (non-hydrogen) atoms. The lowest BCUT2D eigenvalue weighted by Gasteiger charge is -2.22. The van der Waals surface area contributed by atoms with E-state index in [4.69, 9.17) is 6.42 Å². The molecule has 0 fully saturated rings. The summed E-state index contributed by atoms with van der Waals surface area (Å²) in [5, 5.41) is 0. The van der Waals surface area contributed by atoms with Gasteiger partial charge in [-0.15, -0.1) is 12.3 Å². The summed E-state index contributed by atoms with van der Waals surface area (Å²) in [4.78, 5) is 23.7. The molecular formula is C14H14O2. The van der Waals surface area contributed by atoms with Gasteiger partial charge in [-0.2, -0.15) is 0 Å². The highest BCUT2D eigenvalue weighted by Gasteiger charge is 2.37. The van der Waals surface area contributed by atoms with Crippen molar-refractivity contribution in [3.05, 3.63) is 35.9 Å². The van der Waals surface area contributed by atoms with Crippen molar-refractivity contribution in [3.8, 4) is 12.3 Å². The van der Waals surface area contributed by atoms with Gasteiger partial charge in [0.2, 0.25) is 0 Å². The van der Waals surface area contributed by atoms with Gasteiger partial charge in [0.15, 0.2) is 5.78 Å². The third kappa shape index (κ3) is 2.20. The summed E-state index contributed by atoms with van der Waals surface area (Å²) < 4.78 is 0. The number of Topliss-reactive ketones (excluding diaryl/α,β-unsaturated/α-hetero) is 2. The van der Waals surface area contributed by atoms with Gasteiger partial charge in [0.1, 0.15) is 5.78 Å². The monoisotopic (exact) mass is 214 g/mol. The molecule has 0 bridgehead atoms. The maximum absolute atomic E-state index is 12.2. The summed E-state index contributed by atoms with van der Waals surface area (Å²) in [6.45, 7) is 3.00. The quantitative estimate of drug-likeness (QED) is 0.438. The van der Waals surface area contributed by atoms with E-state index in [1.54, 1.807) is 31.2 Å². The van der Waals surface area contributed by atoms with E-state index in [1.807, 2.05) is 6.07 Å². The van der Waals surface area contributed by atoms with Crippen LogP contribution in [0.4, 0.5) is 0 Å². The van der Waals surface area contributed by atoms with Crippen LogP contribution in [0.1, 0.15) is 30.6 Å². The molecule has 1 rings (SSSR count). The lowest BCUT2D eigenvalue weighted by atomic mass is 9.76. The van der Waals surface area contributed by atoms with Crippen LogP contribution in [-0.2, 0) is 4.79 Å². The Balaban J connectivity index is 3.12. The van der Waals surface area contributed by atoms with Crippen LogP contribution < -0.4 is 0 Å². The summed E-state index contributed by atoms with van der Waals surface area (Å²) in [5.41, 5.74) is -0.578. The van der Waals surface area contributed by atoms with Gasteiger partial charge in [0, 0.05) is 12.0 Å². The zero-order valence-electron chi connectivity index (χ0n) is 9.49. The average molecular weight is 214 g/mol. The van der Waals surface area contributed by atoms with E-state index in [0.29, 0.717) is 5.56 Å². The average Bonchev–Trinajstić information content (AvgIpc) is 2.29. The van der Waals surface area contributed by atoms with Crippen LogP contribution in [0.3, 0.4) is 0 Å². The predicted molar refractivity (Wildman–Crippen MR) is 63.0 cm³/mol. The van der Waals surface area contributed by atoms with Crippen molar-refractivity contribution in [1.82, 2.24) is 0 Å². The van der Waals surface area contributed by atoms with E-state index in [1.165, 1.54) is 6.92 Å². The highest BCUT2D eigenvalue weighted by molar-refractivity contribution is 6.13. The fourth-order valence-electron chi connectivity index (χ4n) is 1.48. The van der Waals surface area contributed by atoms with Gasteiger partial charge >= 0.3 is 0 Å². The van der Waals surface area contributed by atoms with Crippen molar-refractivity contribution in [2.24, 2.45) is 5.41 Å². The molecule has 0 aliphatic rings. The second kappa shape index (κ2) is 4.76. The molecule has 1 unspecified atom stereocenters. The van der Waals surface area contributed by atoms with E-state index < -0.39 is 5.41 Å². The third-order valence-corrected chi connectivity index (χ3v) is 2.77. The summed E-state index contributed by atoms with van der Waals surface area (Å²) >= 11 is 0. The Hall–Kier alpha value is -1.88. The second-order valence-electron chi connectivity index (χ2n) is 3.96. The molecule has 0 aromatic heterocycles. The number of benzene rings is 1. The molecular weight excluding hydrogens is 200 g/mol. The SMILES string of the molecule is C#CCC(C)(C(C)=O)C(=O)c1ccccc1. The topological polar surface area (TPSA) is 34.1 Å². The molecule has 0 amide bonds. The molecule has 0 saturated carbocycles. The molecule has 0 heterocycles. The Bertz CT molecular complexity index is 440. The van der Waals surface area contributed by atoms with Crippen LogP contribution in [0, 0.1) is 17.8 Å². The largest absolute Gasteiger partial charge is 0.299 e. The molecule has 1 aromatic rings. The first-order chi connectivity index (χ1) is 7.52. The standard InChI is InChI=1S/C14H14O2/c1-4-10-14(3,11(2)15)13(16)12-8-6-5-7-9-12/h1,5-9H,10H2,2-3H3. The van der Waals surface area contributed by atoms with Crippen molar-refractivity contribution in [3.63, 3.8) is 0 Å². The van der Waals surface area contributed by atoms with E-state index >= 15 is 0 Å². The van der Waals surface area contributed by atoms with Crippen molar-refractivity contribution in [2.75, 3.05) is 0 Å². The molecule has 0 N–H and O–H groups in total. The molecule has 0 aliphatic heterocycles. The lowest BCUT2D eigenvalue weighted by Crippen LogP contribution is -2.34. The molecule has 82 valence electrons. The predicted octanol–water partition coefficient (Wildman–Crippen LogP) is 2.49. The molecule has 0 saturated heterocycles. The number of carbonyl (C=O) groups excluding carboxylic acids is 2. The molecule has 2 heteroatoms. The van der Waals surface area contributed by atoms with Crippen LogP contribution in [0.5, 0.6) is 0 Å². The number of rotatable bonds is 4. The van der Waals surface area contributed by atoms with Gasteiger partial charge in [-0.25, -0.2) is 0 Å². The fraction of sp³-hybridized carbons (Fsp3) is 0.286. The van der Waals surface area contributed by atoms with Gasteiger partial charge < -0.3 is 0 Å². The molecule has 0 spiro atoms. The number of hydrogen-bond acceptors (Lipinski definition) is 2. The van der Waals surface area contributed by atoms with E-state index in [0.717, 1.165) is 0 Å². The van der Waals surface area contributed by atoms with E-state index in [9.17, 15) is 9.59 Å². The first-order valence-corrected chi connectivity index (χ1v) is 5.06. The Labute approximate surface area is 95.7 Å². The first kappa shape index (κ1) is 12.2. The Morgan fingerprint density at radius 1 is 1.31 bits per heavy atom. The van der Waals surface area contributed by atoms with Crippen LogP contribution >= 0.6 is 0 Å². The van der Waals surface area contributed by atoms with Crippen molar-refractivity contribution >= 4 is 11.6 Å². The van der Waals surface area contributed by atoms with Gasteiger partial charge in [0.25, 0.3) is 0 Å². The first-order valence-electron chi connectivity index (χ1n) is 5.06. The smallest absolute Gasteiger partial charge is 0.177 e. The van der Waals surface area contributed by atoms with Crippen LogP contribution in [-0.4, -0.2) is 11.6 Å². The Morgan fingerprint density at radius 2 is 1.88 bits per heavy atom. The highest BCUT2D eigenvalue weighted by Crippen LogP contribution is 2.27. The number of ketones is 2. The number of carbonyl (C=O) groups is 2. The number of hydrogen-bond donors (Lipinski definition) is 0. The maximum atomic E-state index is 12.2. The van der Waals surface area contributed by atoms with Gasteiger partial charge in [0.05, 0.1) is 5.41 Å². The summed E-state index contributed by atoms with van der Waals surface area (Å²) in [6, 6.07) is 8.75. The number of terminal acetylenes is 1. The fourth-order valence-corrected chi connectivity index (χ4v) is 1.48. The van der Waals surface area contributed by atoms with Crippen molar-refractivity contribution < 1.29 is 9.59 Å².